The predicted octanol–water partition coefficient (Wildman–Crippen LogP) is 4.12. The van der Waals surface area contributed by atoms with Gasteiger partial charge in [0.2, 0.25) is 5.90 Å². The third-order valence-corrected chi connectivity index (χ3v) is 6.29. The Labute approximate surface area is 229 Å². The topological polar surface area (TPSA) is 141 Å². The van der Waals surface area contributed by atoms with E-state index in [2.05, 4.69) is 25.9 Å². The van der Waals surface area contributed by atoms with Crippen LogP contribution in [0.4, 0.5) is 8.78 Å². The van der Waals surface area contributed by atoms with Gasteiger partial charge in [-0.2, -0.15) is 0 Å². The van der Waals surface area contributed by atoms with E-state index in [4.69, 9.17) is 20.1 Å². The zero-order valence-electron chi connectivity index (χ0n) is 21.5. The van der Waals surface area contributed by atoms with Crippen LogP contribution >= 0.6 is 0 Å². The number of benzene rings is 3. The van der Waals surface area contributed by atoms with Crippen LogP contribution in [0.15, 0.2) is 76.8 Å². The molecule has 0 radical (unpaired) electrons. The van der Waals surface area contributed by atoms with Crippen LogP contribution in [0.2, 0.25) is 0 Å². The Morgan fingerprint density at radius 3 is 2.52 bits per heavy atom. The van der Waals surface area contributed by atoms with E-state index >= 15 is 0 Å². The summed E-state index contributed by atoms with van der Waals surface area (Å²) in [6.45, 7) is 0.0976. The molecule has 40 heavy (non-hydrogen) atoms. The molecule has 4 rings (SSSR count). The Balaban J connectivity index is 1.58. The molecule has 1 heterocycles. The van der Waals surface area contributed by atoms with Gasteiger partial charge in [-0.05, 0) is 53.1 Å². The first-order valence-corrected chi connectivity index (χ1v) is 12.6. The minimum Gasteiger partial charge on any atom is -0.494 e. The molecule has 0 saturated heterocycles. The Kier molecular flexibility index (Phi) is 9.63. The number of amides is 1. The van der Waals surface area contributed by atoms with Gasteiger partial charge in [-0.1, -0.05) is 35.4 Å². The monoisotopic (exact) mass is 550 g/mol. The van der Waals surface area contributed by atoms with Crippen molar-refractivity contribution in [2.24, 2.45) is 10.1 Å². The van der Waals surface area contributed by atoms with Gasteiger partial charge in [0.15, 0.2) is 5.54 Å². The molecule has 1 aliphatic rings. The summed E-state index contributed by atoms with van der Waals surface area (Å²) in [5, 5.41) is 12.6. The summed E-state index contributed by atoms with van der Waals surface area (Å²) in [7, 11) is 0. The molecule has 0 aliphatic carbocycles. The number of nitrogens with one attached hydrogen (secondary N) is 2. The lowest BCUT2D eigenvalue weighted by atomic mass is 9.89. The number of carbonyl (C=O) groups is 1. The molecule has 1 amide bonds. The molecule has 0 aromatic heterocycles. The molecule has 0 saturated carbocycles. The Bertz CT molecular complexity index is 1390. The number of ether oxygens (including phenoxy) is 2. The molecule has 0 unspecified atom stereocenters. The van der Waals surface area contributed by atoms with Gasteiger partial charge in [-0.3, -0.25) is 10.2 Å². The minimum atomic E-state index is -1.43. The lowest BCUT2D eigenvalue weighted by molar-refractivity contribution is -0.127. The van der Waals surface area contributed by atoms with Crippen molar-refractivity contribution >= 4 is 11.8 Å². The van der Waals surface area contributed by atoms with E-state index in [0.717, 1.165) is 23.3 Å². The number of azide groups is 1. The van der Waals surface area contributed by atoms with Crippen molar-refractivity contribution in [3.05, 3.63) is 111 Å². The third-order valence-electron chi connectivity index (χ3n) is 6.29. The van der Waals surface area contributed by atoms with Crippen molar-refractivity contribution in [3.63, 3.8) is 0 Å². The number of halogens is 2. The molecule has 3 aromatic rings. The lowest BCUT2D eigenvalue weighted by Crippen LogP contribution is -2.52. The number of hydrazine groups is 1. The highest BCUT2D eigenvalue weighted by atomic mass is 19.1. The summed E-state index contributed by atoms with van der Waals surface area (Å²) in [5.41, 5.74) is 14.3. The van der Waals surface area contributed by atoms with Crippen molar-refractivity contribution in [3.8, 4) is 5.75 Å². The first-order valence-electron chi connectivity index (χ1n) is 12.6. The Morgan fingerprint density at radius 2 is 1.82 bits per heavy atom. The van der Waals surface area contributed by atoms with Crippen molar-refractivity contribution in [2.75, 3.05) is 19.8 Å². The van der Waals surface area contributed by atoms with Crippen molar-refractivity contribution in [2.45, 2.75) is 31.5 Å². The van der Waals surface area contributed by atoms with Crippen LogP contribution in [-0.4, -0.2) is 42.3 Å². The molecule has 0 bridgehead atoms. The van der Waals surface area contributed by atoms with Crippen LogP contribution in [-0.2, 0) is 29.0 Å². The van der Waals surface area contributed by atoms with E-state index in [1.807, 2.05) is 6.07 Å². The van der Waals surface area contributed by atoms with Gasteiger partial charge < -0.3 is 14.6 Å². The molecule has 208 valence electrons. The van der Waals surface area contributed by atoms with Crippen LogP contribution < -0.4 is 15.6 Å². The summed E-state index contributed by atoms with van der Waals surface area (Å²) >= 11 is 0. The van der Waals surface area contributed by atoms with E-state index < -0.39 is 23.1 Å². The zero-order chi connectivity index (χ0) is 28.4. The van der Waals surface area contributed by atoms with E-state index in [9.17, 15) is 13.6 Å². The van der Waals surface area contributed by atoms with E-state index in [0.29, 0.717) is 24.3 Å². The largest absolute Gasteiger partial charge is 0.494 e. The molecule has 0 spiro atoms. The van der Waals surface area contributed by atoms with Gasteiger partial charge in [-0.15, -0.1) is 0 Å². The number of aliphatic hydroxyl groups excluding tert-OH is 1. The summed E-state index contributed by atoms with van der Waals surface area (Å²) in [6.07, 6.45) is 0.617. The zero-order valence-corrected chi connectivity index (χ0v) is 21.5. The maximum atomic E-state index is 14.1. The van der Waals surface area contributed by atoms with Gasteiger partial charge >= 0.3 is 0 Å². The molecule has 0 fully saturated rings. The highest BCUT2D eigenvalue weighted by molar-refractivity contribution is 6.00. The van der Waals surface area contributed by atoms with Crippen LogP contribution in [0.3, 0.4) is 0 Å². The highest BCUT2D eigenvalue weighted by Gasteiger charge is 2.45. The predicted molar refractivity (Wildman–Crippen MR) is 143 cm³/mol. The first kappa shape index (κ1) is 28.5. The molecule has 1 atom stereocenters. The average molecular weight is 551 g/mol. The first-order chi connectivity index (χ1) is 19.5. The Hall–Kier alpha value is -4.51. The Morgan fingerprint density at radius 1 is 1.10 bits per heavy atom. The second-order valence-corrected chi connectivity index (χ2v) is 9.03. The molecule has 1 aliphatic heterocycles. The second-order valence-electron chi connectivity index (χ2n) is 9.03. The lowest BCUT2D eigenvalue weighted by Gasteiger charge is -2.24. The maximum absolute atomic E-state index is 14.1. The number of hydrogen-bond donors (Lipinski definition) is 3. The van der Waals surface area contributed by atoms with Crippen molar-refractivity contribution in [1.82, 2.24) is 10.9 Å². The molecular weight excluding hydrogens is 522 g/mol. The summed E-state index contributed by atoms with van der Waals surface area (Å²) in [5.74, 6) is -1.20. The summed E-state index contributed by atoms with van der Waals surface area (Å²) in [6, 6.07) is 17.7. The van der Waals surface area contributed by atoms with E-state index in [1.165, 1.54) is 6.07 Å². The van der Waals surface area contributed by atoms with Crippen molar-refractivity contribution in [1.29, 1.82) is 0 Å². The fourth-order valence-corrected chi connectivity index (χ4v) is 4.17. The summed E-state index contributed by atoms with van der Waals surface area (Å²) < 4.78 is 39.6. The van der Waals surface area contributed by atoms with Gasteiger partial charge in [0.25, 0.3) is 5.91 Å². The molecule has 10 nitrogen and oxygen atoms in total. The number of aliphatic imine (C=N–C) groups is 1. The van der Waals surface area contributed by atoms with Crippen LogP contribution in [0.5, 0.6) is 5.75 Å². The summed E-state index contributed by atoms with van der Waals surface area (Å²) in [4.78, 5) is 21.1. The highest BCUT2D eigenvalue weighted by Crippen LogP contribution is 2.29. The number of nitrogens with zero attached hydrogens (tertiary/aromatic N) is 4. The number of carbonyl (C=O) groups excluding carboxylic acids is 1. The number of hydrogen-bond acceptors (Lipinski definition) is 7. The SMILES string of the molecule is [N-]=[N+]=NCc1ccccc1C[C@@]1(C(=O)NNCc2c(F)cccc2F)COC(c2ccc(OCCCO)cc2)=N1. The molecule has 12 heteroatoms. The minimum absolute atomic E-state index is 0.0307. The van der Waals surface area contributed by atoms with Gasteiger partial charge in [0, 0.05) is 42.0 Å². The van der Waals surface area contributed by atoms with Gasteiger partial charge in [0.1, 0.15) is 24.0 Å². The molecule has 3 aromatic carbocycles. The second kappa shape index (κ2) is 13.5. The maximum Gasteiger partial charge on any atom is 0.266 e. The van der Waals surface area contributed by atoms with Crippen LogP contribution in [0.25, 0.3) is 10.4 Å². The van der Waals surface area contributed by atoms with Crippen molar-refractivity contribution < 1.29 is 28.2 Å². The standard InChI is InChI=1S/C28H28F2N6O4/c29-24-7-3-8-25(30)23(24)17-32-35-27(38)28(15-20-5-1-2-6-21(20)16-33-36-31)18-40-26(34-28)19-9-11-22(12-10-19)39-14-4-13-37/h1-3,5-12,32,37H,4,13-18H2,(H,35,38)/t28-/m0/s1. The fourth-order valence-electron chi connectivity index (χ4n) is 4.17. The van der Waals surface area contributed by atoms with Crippen LogP contribution in [0, 0.1) is 11.6 Å². The number of rotatable bonds is 13. The van der Waals surface area contributed by atoms with E-state index in [1.54, 1.807) is 42.5 Å². The average Bonchev–Trinajstić information content (AvgIpc) is 3.40. The van der Waals surface area contributed by atoms with E-state index in [-0.39, 0.29) is 44.2 Å². The normalized spacial score (nSPS) is 16.0. The van der Waals surface area contributed by atoms with Gasteiger partial charge in [-0.25, -0.2) is 19.2 Å². The molecule has 3 N–H and O–H groups in total. The number of aliphatic hydroxyl groups is 1. The van der Waals surface area contributed by atoms with Crippen LogP contribution in [0.1, 0.15) is 28.7 Å². The fraction of sp³-hybridized carbons (Fsp3) is 0.286. The third kappa shape index (κ3) is 6.92. The van der Waals surface area contributed by atoms with Gasteiger partial charge in [0.05, 0.1) is 13.2 Å². The molecular formula is C28H28F2N6O4. The smallest absolute Gasteiger partial charge is 0.266 e. The quantitative estimate of drug-likeness (QED) is 0.0966.